The van der Waals surface area contributed by atoms with Crippen LogP contribution >= 0.6 is 0 Å². The minimum absolute atomic E-state index is 0.133. The lowest BCUT2D eigenvalue weighted by atomic mass is 10.2. The molecule has 2 N–H and O–H groups in total. The van der Waals surface area contributed by atoms with Crippen LogP contribution in [0.5, 0.6) is 0 Å². The number of hydrogen-bond acceptors (Lipinski definition) is 5. The molecule has 0 saturated heterocycles. The van der Waals surface area contributed by atoms with Gasteiger partial charge in [0.05, 0.1) is 15.9 Å². The van der Waals surface area contributed by atoms with Crippen molar-refractivity contribution in [2.75, 3.05) is 6.54 Å². The Morgan fingerprint density at radius 2 is 2.10 bits per heavy atom. The van der Waals surface area contributed by atoms with Crippen LogP contribution in [-0.2, 0) is 10.0 Å². The summed E-state index contributed by atoms with van der Waals surface area (Å²) in [5, 5.41) is 19.9. The Hall–Kier alpha value is -1.51. The van der Waals surface area contributed by atoms with Crippen molar-refractivity contribution in [2.45, 2.75) is 37.7 Å². The van der Waals surface area contributed by atoms with Gasteiger partial charge in [-0.1, -0.05) is 6.07 Å². The Morgan fingerprint density at radius 1 is 1.45 bits per heavy atom. The van der Waals surface area contributed by atoms with Crippen LogP contribution in [0.1, 0.15) is 25.3 Å². The maximum atomic E-state index is 12.0. The molecule has 0 bridgehead atoms. The highest BCUT2D eigenvalue weighted by Crippen LogP contribution is 2.21. The van der Waals surface area contributed by atoms with E-state index in [0.29, 0.717) is 18.4 Å². The number of benzene rings is 1. The number of aliphatic hydroxyl groups excluding tert-OH is 1. The summed E-state index contributed by atoms with van der Waals surface area (Å²) in [6.07, 6.45) is 0.487. The van der Waals surface area contributed by atoms with Gasteiger partial charge in [-0.05, 0) is 32.8 Å². The Morgan fingerprint density at radius 3 is 2.65 bits per heavy atom. The Kier molecular flexibility index (Phi) is 5.61. The van der Waals surface area contributed by atoms with Crippen LogP contribution in [0.15, 0.2) is 23.1 Å². The zero-order valence-electron chi connectivity index (χ0n) is 11.4. The van der Waals surface area contributed by atoms with Crippen molar-refractivity contribution in [3.05, 3.63) is 33.9 Å². The lowest BCUT2D eigenvalue weighted by Crippen LogP contribution is -2.25. The summed E-state index contributed by atoms with van der Waals surface area (Å²) < 4.78 is 26.3. The van der Waals surface area contributed by atoms with E-state index in [1.807, 2.05) is 0 Å². The Balaban J connectivity index is 2.82. The van der Waals surface area contributed by atoms with E-state index in [9.17, 15) is 18.5 Å². The molecule has 20 heavy (non-hydrogen) atoms. The van der Waals surface area contributed by atoms with Crippen LogP contribution in [0.25, 0.3) is 0 Å². The van der Waals surface area contributed by atoms with Crippen LogP contribution in [0.4, 0.5) is 5.69 Å². The molecule has 0 aromatic heterocycles. The molecule has 0 aliphatic rings. The fourth-order valence-electron chi connectivity index (χ4n) is 1.64. The smallest absolute Gasteiger partial charge is 0.273 e. The van der Waals surface area contributed by atoms with Crippen molar-refractivity contribution in [1.29, 1.82) is 0 Å². The lowest BCUT2D eigenvalue weighted by molar-refractivity contribution is -0.385. The molecule has 0 fully saturated rings. The molecule has 1 atom stereocenters. The second-order valence-corrected chi connectivity index (χ2v) is 6.36. The summed E-state index contributed by atoms with van der Waals surface area (Å²) in [5.74, 6) is 0. The zero-order valence-corrected chi connectivity index (χ0v) is 12.2. The normalized spacial score (nSPS) is 13.2. The first-order valence-corrected chi connectivity index (χ1v) is 7.65. The van der Waals surface area contributed by atoms with Crippen molar-refractivity contribution in [3.63, 3.8) is 0 Å². The second-order valence-electron chi connectivity index (χ2n) is 4.59. The average Bonchev–Trinajstić information content (AvgIpc) is 2.34. The number of nitrogens with one attached hydrogen (secondary N) is 1. The van der Waals surface area contributed by atoms with Gasteiger partial charge in [-0.3, -0.25) is 10.1 Å². The summed E-state index contributed by atoms with van der Waals surface area (Å²) in [6.45, 7) is 3.34. The largest absolute Gasteiger partial charge is 0.393 e. The summed E-state index contributed by atoms with van der Waals surface area (Å²) >= 11 is 0. The molecule has 8 heteroatoms. The standard InChI is InChI=1S/C12H18N2O5S/c1-9-5-6-11(8-12(9)14(16)17)20(18,19)13-7-3-4-10(2)15/h5-6,8,10,13,15H,3-4,7H2,1-2H3. The number of nitrogens with zero attached hydrogens (tertiary/aromatic N) is 1. The van der Waals surface area contributed by atoms with Crippen LogP contribution in [-0.4, -0.2) is 31.1 Å². The first-order valence-electron chi connectivity index (χ1n) is 6.17. The highest BCUT2D eigenvalue weighted by atomic mass is 32.2. The maximum absolute atomic E-state index is 12.0. The third kappa shape index (κ3) is 4.55. The monoisotopic (exact) mass is 302 g/mol. The minimum Gasteiger partial charge on any atom is -0.393 e. The lowest BCUT2D eigenvalue weighted by Gasteiger charge is -2.08. The summed E-state index contributed by atoms with van der Waals surface area (Å²) in [6, 6.07) is 3.79. The molecule has 0 aliphatic carbocycles. The van der Waals surface area contributed by atoms with Gasteiger partial charge in [-0.2, -0.15) is 0 Å². The highest BCUT2D eigenvalue weighted by molar-refractivity contribution is 7.89. The van der Waals surface area contributed by atoms with Crippen LogP contribution in [0, 0.1) is 17.0 Å². The number of nitro benzene ring substituents is 1. The van der Waals surface area contributed by atoms with Gasteiger partial charge in [0.2, 0.25) is 10.0 Å². The van der Waals surface area contributed by atoms with E-state index in [1.54, 1.807) is 13.8 Å². The van der Waals surface area contributed by atoms with E-state index in [1.165, 1.54) is 12.1 Å². The van der Waals surface area contributed by atoms with E-state index < -0.39 is 21.1 Å². The molecule has 112 valence electrons. The van der Waals surface area contributed by atoms with E-state index >= 15 is 0 Å². The number of sulfonamides is 1. The predicted octanol–water partition coefficient (Wildman–Crippen LogP) is 1.34. The molecule has 1 rings (SSSR count). The van der Waals surface area contributed by atoms with E-state index in [-0.39, 0.29) is 17.1 Å². The third-order valence-electron chi connectivity index (χ3n) is 2.78. The first kappa shape index (κ1) is 16.5. The first-order chi connectivity index (χ1) is 9.24. The quantitative estimate of drug-likeness (QED) is 0.449. The van der Waals surface area contributed by atoms with Crippen molar-refractivity contribution >= 4 is 15.7 Å². The van der Waals surface area contributed by atoms with Gasteiger partial charge < -0.3 is 5.11 Å². The number of nitro groups is 1. The number of hydrogen-bond donors (Lipinski definition) is 2. The van der Waals surface area contributed by atoms with E-state index in [2.05, 4.69) is 4.72 Å². The third-order valence-corrected chi connectivity index (χ3v) is 4.24. The van der Waals surface area contributed by atoms with Crippen LogP contribution < -0.4 is 4.72 Å². The highest BCUT2D eigenvalue weighted by Gasteiger charge is 2.19. The fourth-order valence-corrected chi connectivity index (χ4v) is 2.73. The number of aryl methyl sites for hydroxylation is 1. The van der Waals surface area contributed by atoms with E-state index in [0.717, 1.165) is 6.07 Å². The molecule has 1 unspecified atom stereocenters. The minimum atomic E-state index is -3.77. The molecule has 0 aliphatic heterocycles. The van der Waals surface area contributed by atoms with Gasteiger partial charge >= 0.3 is 0 Å². The molecule has 0 amide bonds. The van der Waals surface area contributed by atoms with Gasteiger partial charge in [0.15, 0.2) is 0 Å². The SMILES string of the molecule is Cc1ccc(S(=O)(=O)NCCCC(C)O)cc1[N+](=O)[O-]. The summed E-state index contributed by atoms with van der Waals surface area (Å²) in [7, 11) is -3.77. The molecule has 1 aromatic carbocycles. The second kappa shape index (κ2) is 6.78. The molecular formula is C12H18N2O5S. The van der Waals surface area contributed by atoms with Crippen LogP contribution in [0.3, 0.4) is 0 Å². The number of rotatable bonds is 7. The molecular weight excluding hydrogens is 284 g/mol. The van der Waals surface area contributed by atoms with Gasteiger partial charge in [-0.25, -0.2) is 13.1 Å². The summed E-state index contributed by atoms with van der Waals surface area (Å²) in [4.78, 5) is 10.1. The zero-order chi connectivity index (χ0) is 15.3. The van der Waals surface area contributed by atoms with Gasteiger partial charge in [0, 0.05) is 18.2 Å². The van der Waals surface area contributed by atoms with E-state index in [4.69, 9.17) is 5.11 Å². The van der Waals surface area contributed by atoms with Crippen molar-refractivity contribution < 1.29 is 18.4 Å². The molecule has 7 nitrogen and oxygen atoms in total. The van der Waals surface area contributed by atoms with Gasteiger partial charge in [-0.15, -0.1) is 0 Å². The fraction of sp³-hybridized carbons (Fsp3) is 0.500. The van der Waals surface area contributed by atoms with Gasteiger partial charge in [0.25, 0.3) is 5.69 Å². The van der Waals surface area contributed by atoms with Crippen molar-refractivity contribution in [1.82, 2.24) is 4.72 Å². The molecule has 1 aromatic rings. The molecule has 0 radical (unpaired) electrons. The molecule has 0 spiro atoms. The molecule has 0 heterocycles. The Bertz CT molecular complexity index is 584. The van der Waals surface area contributed by atoms with Crippen LogP contribution in [0.2, 0.25) is 0 Å². The molecule has 0 saturated carbocycles. The average molecular weight is 302 g/mol. The van der Waals surface area contributed by atoms with Crippen molar-refractivity contribution in [3.8, 4) is 0 Å². The van der Waals surface area contributed by atoms with Crippen molar-refractivity contribution in [2.24, 2.45) is 0 Å². The number of aliphatic hydroxyl groups is 1. The Labute approximate surface area is 117 Å². The topological polar surface area (TPSA) is 110 Å². The maximum Gasteiger partial charge on any atom is 0.273 e. The summed E-state index contributed by atoms with van der Waals surface area (Å²) in [5.41, 5.74) is 0.180. The predicted molar refractivity (Wildman–Crippen MR) is 73.9 cm³/mol. The van der Waals surface area contributed by atoms with Gasteiger partial charge in [0.1, 0.15) is 0 Å².